The maximum atomic E-state index is 13.0. The monoisotopic (exact) mass is 298 g/mol. The molecule has 1 atom stereocenters. The SMILES string of the molecule is CCCCOP(=O)(OCCCC)C(C)c1ccccc1. The van der Waals surface area contributed by atoms with Crippen molar-refractivity contribution in [2.24, 2.45) is 0 Å². The highest BCUT2D eigenvalue weighted by atomic mass is 31.2. The van der Waals surface area contributed by atoms with Crippen LogP contribution in [0.2, 0.25) is 0 Å². The molecule has 1 aromatic carbocycles. The van der Waals surface area contributed by atoms with Crippen LogP contribution < -0.4 is 0 Å². The molecular weight excluding hydrogens is 271 g/mol. The number of hydrogen-bond donors (Lipinski definition) is 0. The molecule has 0 fully saturated rings. The summed E-state index contributed by atoms with van der Waals surface area (Å²) in [5.41, 5.74) is 0.779. The van der Waals surface area contributed by atoms with Crippen molar-refractivity contribution >= 4 is 7.60 Å². The summed E-state index contributed by atoms with van der Waals surface area (Å²) < 4.78 is 24.4. The van der Waals surface area contributed by atoms with Crippen molar-refractivity contribution in [1.29, 1.82) is 0 Å². The van der Waals surface area contributed by atoms with Gasteiger partial charge in [0.1, 0.15) is 0 Å². The van der Waals surface area contributed by atoms with Gasteiger partial charge in [0.2, 0.25) is 0 Å². The van der Waals surface area contributed by atoms with Crippen LogP contribution in [-0.2, 0) is 13.6 Å². The zero-order valence-corrected chi connectivity index (χ0v) is 13.8. The Kier molecular flexibility index (Phi) is 8.13. The molecule has 0 amide bonds. The standard InChI is InChI=1S/C16H27O3P/c1-4-6-13-18-20(17,19-14-7-5-2)15(3)16-11-9-8-10-12-16/h8-12,15H,4-7,13-14H2,1-3H3. The van der Waals surface area contributed by atoms with Crippen LogP contribution in [-0.4, -0.2) is 13.2 Å². The highest BCUT2D eigenvalue weighted by Crippen LogP contribution is 2.60. The Hall–Kier alpha value is -0.630. The molecule has 0 spiro atoms. The second-order valence-corrected chi connectivity index (χ2v) is 7.37. The zero-order chi connectivity index (χ0) is 14.8. The third kappa shape index (κ3) is 5.40. The maximum Gasteiger partial charge on any atom is 0.337 e. The predicted octanol–water partition coefficient (Wildman–Crippen LogP) is 5.57. The average molecular weight is 298 g/mol. The van der Waals surface area contributed by atoms with Crippen molar-refractivity contribution in [2.75, 3.05) is 13.2 Å². The van der Waals surface area contributed by atoms with E-state index in [9.17, 15) is 4.57 Å². The van der Waals surface area contributed by atoms with Gasteiger partial charge >= 0.3 is 7.60 Å². The lowest BCUT2D eigenvalue weighted by molar-refractivity contribution is 0.193. The molecule has 0 saturated heterocycles. The summed E-state index contributed by atoms with van der Waals surface area (Å²) in [6.07, 6.45) is 3.86. The Bertz CT molecular complexity index is 391. The molecule has 1 aromatic rings. The summed E-state index contributed by atoms with van der Waals surface area (Å²) in [5.74, 6) is 0. The molecule has 0 aliphatic carbocycles. The Labute approximate surface area is 123 Å². The van der Waals surface area contributed by atoms with Crippen LogP contribution in [0.1, 0.15) is 57.7 Å². The van der Waals surface area contributed by atoms with Crippen LogP contribution in [0.25, 0.3) is 0 Å². The van der Waals surface area contributed by atoms with Gasteiger partial charge in [-0.2, -0.15) is 0 Å². The first-order valence-electron chi connectivity index (χ1n) is 7.57. The van der Waals surface area contributed by atoms with E-state index in [1.54, 1.807) is 0 Å². The van der Waals surface area contributed by atoms with Crippen molar-refractivity contribution in [3.63, 3.8) is 0 Å². The lowest BCUT2D eigenvalue weighted by atomic mass is 10.2. The van der Waals surface area contributed by atoms with E-state index in [1.807, 2.05) is 37.3 Å². The van der Waals surface area contributed by atoms with Crippen molar-refractivity contribution in [3.8, 4) is 0 Å². The molecule has 0 N–H and O–H groups in total. The lowest BCUT2D eigenvalue weighted by Gasteiger charge is -2.24. The van der Waals surface area contributed by atoms with Gasteiger partial charge in [0, 0.05) is 0 Å². The lowest BCUT2D eigenvalue weighted by Crippen LogP contribution is -2.06. The quantitative estimate of drug-likeness (QED) is 0.418. The normalized spacial score (nSPS) is 13.3. The Balaban J connectivity index is 2.77. The summed E-state index contributed by atoms with van der Waals surface area (Å²) >= 11 is 0. The minimum Gasteiger partial charge on any atom is -0.308 e. The van der Waals surface area contributed by atoms with Crippen molar-refractivity contribution in [3.05, 3.63) is 35.9 Å². The topological polar surface area (TPSA) is 35.5 Å². The summed E-state index contributed by atoms with van der Waals surface area (Å²) in [6, 6.07) is 9.81. The second kappa shape index (κ2) is 9.33. The number of benzene rings is 1. The summed E-state index contributed by atoms with van der Waals surface area (Å²) in [5, 5.41) is 0. The number of unbranched alkanes of at least 4 members (excludes halogenated alkanes) is 2. The van der Waals surface area contributed by atoms with Gasteiger partial charge in [-0.3, -0.25) is 4.57 Å². The minimum absolute atomic E-state index is 0.225. The molecule has 0 saturated carbocycles. The van der Waals surface area contributed by atoms with Gasteiger partial charge < -0.3 is 9.05 Å². The third-order valence-electron chi connectivity index (χ3n) is 3.29. The van der Waals surface area contributed by atoms with Gasteiger partial charge in [-0.1, -0.05) is 57.0 Å². The zero-order valence-electron chi connectivity index (χ0n) is 12.9. The van der Waals surface area contributed by atoms with E-state index < -0.39 is 7.60 Å². The van der Waals surface area contributed by atoms with Gasteiger partial charge in [0.15, 0.2) is 0 Å². The van der Waals surface area contributed by atoms with E-state index in [0.29, 0.717) is 13.2 Å². The molecular formula is C16H27O3P. The van der Waals surface area contributed by atoms with Crippen LogP contribution in [0.3, 0.4) is 0 Å². The molecule has 0 heterocycles. The molecule has 20 heavy (non-hydrogen) atoms. The Morgan fingerprint density at radius 3 is 1.95 bits per heavy atom. The van der Waals surface area contributed by atoms with Gasteiger partial charge in [0.25, 0.3) is 0 Å². The molecule has 0 aliphatic rings. The Morgan fingerprint density at radius 1 is 1.00 bits per heavy atom. The minimum atomic E-state index is -3.09. The molecule has 1 unspecified atom stereocenters. The molecule has 1 rings (SSSR count). The maximum absolute atomic E-state index is 13.0. The highest BCUT2D eigenvalue weighted by Gasteiger charge is 2.33. The summed E-state index contributed by atoms with van der Waals surface area (Å²) in [7, 11) is -3.09. The smallest absolute Gasteiger partial charge is 0.308 e. The van der Waals surface area contributed by atoms with Crippen molar-refractivity contribution < 1.29 is 13.6 Å². The number of hydrogen-bond acceptors (Lipinski definition) is 3. The molecule has 114 valence electrons. The van der Waals surface area contributed by atoms with Crippen molar-refractivity contribution in [1.82, 2.24) is 0 Å². The second-order valence-electron chi connectivity index (χ2n) is 5.00. The molecule has 0 aromatic heterocycles. The first-order valence-corrected chi connectivity index (χ1v) is 9.19. The first-order chi connectivity index (χ1) is 9.64. The fourth-order valence-corrected chi connectivity index (χ4v) is 3.67. The number of rotatable bonds is 10. The predicted molar refractivity (Wildman–Crippen MR) is 84.2 cm³/mol. The van der Waals surface area contributed by atoms with Gasteiger partial charge in [-0.05, 0) is 25.3 Å². The Morgan fingerprint density at radius 2 is 1.50 bits per heavy atom. The fourth-order valence-electron chi connectivity index (χ4n) is 1.85. The molecule has 3 nitrogen and oxygen atoms in total. The molecule has 0 radical (unpaired) electrons. The molecule has 4 heteroatoms. The van der Waals surface area contributed by atoms with Gasteiger partial charge in [0.05, 0.1) is 18.9 Å². The van der Waals surface area contributed by atoms with Gasteiger partial charge in [-0.15, -0.1) is 0 Å². The van der Waals surface area contributed by atoms with Crippen LogP contribution in [0.4, 0.5) is 0 Å². The van der Waals surface area contributed by atoms with E-state index in [1.165, 1.54) is 0 Å². The summed E-state index contributed by atoms with van der Waals surface area (Å²) in [6.45, 7) is 7.10. The average Bonchev–Trinajstić information content (AvgIpc) is 2.48. The van der Waals surface area contributed by atoms with E-state index in [-0.39, 0.29) is 5.66 Å². The van der Waals surface area contributed by atoms with E-state index in [4.69, 9.17) is 9.05 Å². The fraction of sp³-hybridized carbons (Fsp3) is 0.625. The van der Waals surface area contributed by atoms with E-state index in [2.05, 4.69) is 13.8 Å². The highest BCUT2D eigenvalue weighted by molar-refractivity contribution is 7.54. The molecule has 0 bridgehead atoms. The largest absolute Gasteiger partial charge is 0.337 e. The third-order valence-corrected chi connectivity index (χ3v) is 5.63. The van der Waals surface area contributed by atoms with Crippen LogP contribution in [0, 0.1) is 0 Å². The van der Waals surface area contributed by atoms with Gasteiger partial charge in [-0.25, -0.2) is 0 Å². The van der Waals surface area contributed by atoms with E-state index in [0.717, 1.165) is 31.2 Å². The van der Waals surface area contributed by atoms with Crippen LogP contribution >= 0.6 is 7.60 Å². The van der Waals surface area contributed by atoms with E-state index >= 15 is 0 Å². The molecule has 0 aliphatic heterocycles. The van der Waals surface area contributed by atoms with Crippen LogP contribution in [0.15, 0.2) is 30.3 Å². The first kappa shape index (κ1) is 17.4. The van der Waals surface area contributed by atoms with Crippen LogP contribution in [0.5, 0.6) is 0 Å². The van der Waals surface area contributed by atoms with Crippen molar-refractivity contribution in [2.45, 2.75) is 52.1 Å². The summed E-state index contributed by atoms with van der Waals surface area (Å²) in [4.78, 5) is 0.